The maximum atomic E-state index is 14.3. The molecule has 1 heterocycles. The van der Waals surface area contributed by atoms with Crippen molar-refractivity contribution < 1.29 is 18.7 Å². The SMILES string of the molecule is COC(=O)C1=C(C)N(C2CC2)C(=O)N[C@H]1c1cc(Br)ccc1F. The minimum Gasteiger partial charge on any atom is -0.466 e. The zero-order valence-corrected chi connectivity index (χ0v) is 14.3. The number of methoxy groups -OCH3 is 1. The Kier molecular flexibility index (Phi) is 4.14. The number of halogens is 2. The summed E-state index contributed by atoms with van der Waals surface area (Å²) in [7, 11) is 1.27. The summed E-state index contributed by atoms with van der Waals surface area (Å²) in [5.74, 6) is -1.06. The van der Waals surface area contributed by atoms with Gasteiger partial charge < -0.3 is 10.1 Å². The quantitative estimate of drug-likeness (QED) is 0.816. The fourth-order valence-electron chi connectivity index (χ4n) is 2.87. The molecule has 1 aliphatic heterocycles. The Hall–Kier alpha value is -1.89. The van der Waals surface area contributed by atoms with Crippen molar-refractivity contribution >= 4 is 27.9 Å². The van der Waals surface area contributed by atoms with Crippen LogP contribution in [0.4, 0.5) is 9.18 Å². The van der Waals surface area contributed by atoms with Crippen molar-refractivity contribution in [3.05, 3.63) is 45.3 Å². The highest BCUT2D eigenvalue weighted by atomic mass is 79.9. The largest absolute Gasteiger partial charge is 0.466 e. The first-order chi connectivity index (χ1) is 10.9. The molecule has 2 aliphatic rings. The molecule has 1 fully saturated rings. The number of nitrogens with zero attached hydrogens (tertiary/aromatic N) is 1. The van der Waals surface area contributed by atoms with E-state index < -0.39 is 17.8 Å². The molecule has 1 aromatic carbocycles. The van der Waals surface area contributed by atoms with Crippen LogP contribution in [-0.2, 0) is 9.53 Å². The topological polar surface area (TPSA) is 58.6 Å². The number of nitrogens with one attached hydrogen (secondary N) is 1. The first-order valence-corrected chi connectivity index (χ1v) is 8.07. The normalized spacial score (nSPS) is 21.3. The van der Waals surface area contributed by atoms with E-state index in [9.17, 15) is 14.0 Å². The Labute approximate surface area is 141 Å². The summed E-state index contributed by atoms with van der Waals surface area (Å²) in [5, 5.41) is 2.74. The van der Waals surface area contributed by atoms with Gasteiger partial charge in [-0.2, -0.15) is 0 Å². The first kappa shape index (κ1) is 16.0. The number of hydrogen-bond donors (Lipinski definition) is 1. The second kappa shape index (κ2) is 5.96. The lowest BCUT2D eigenvalue weighted by Crippen LogP contribution is -2.49. The molecule has 0 saturated heterocycles. The maximum absolute atomic E-state index is 14.3. The third-order valence-electron chi connectivity index (χ3n) is 4.11. The monoisotopic (exact) mass is 382 g/mol. The molecule has 5 nitrogen and oxygen atoms in total. The second-order valence-corrected chi connectivity index (χ2v) is 6.56. The van der Waals surface area contributed by atoms with E-state index in [2.05, 4.69) is 21.2 Å². The lowest BCUT2D eigenvalue weighted by atomic mass is 9.94. The fourth-order valence-corrected chi connectivity index (χ4v) is 3.25. The summed E-state index contributed by atoms with van der Waals surface area (Å²) in [4.78, 5) is 26.2. The molecule has 1 aromatic rings. The van der Waals surface area contributed by atoms with Gasteiger partial charge >= 0.3 is 12.0 Å². The fraction of sp³-hybridized carbons (Fsp3) is 0.375. The molecule has 3 rings (SSSR count). The lowest BCUT2D eigenvalue weighted by Gasteiger charge is -2.35. The predicted octanol–water partition coefficient (Wildman–Crippen LogP) is 3.26. The molecular formula is C16H16BrFN2O3. The van der Waals surface area contributed by atoms with Crippen molar-refractivity contribution in [2.45, 2.75) is 31.8 Å². The van der Waals surface area contributed by atoms with Gasteiger partial charge in [-0.3, -0.25) is 4.90 Å². The summed E-state index contributed by atoms with van der Waals surface area (Å²) in [5.41, 5.74) is 1.01. The van der Waals surface area contributed by atoms with Crippen LogP contribution in [0.15, 0.2) is 33.9 Å². The average molecular weight is 383 g/mol. The van der Waals surface area contributed by atoms with Crippen LogP contribution < -0.4 is 5.32 Å². The molecule has 1 aliphatic carbocycles. The number of carbonyl (C=O) groups is 2. The van der Waals surface area contributed by atoms with Crippen molar-refractivity contribution in [2.24, 2.45) is 0 Å². The van der Waals surface area contributed by atoms with Crippen LogP contribution in [-0.4, -0.2) is 30.1 Å². The van der Waals surface area contributed by atoms with Crippen molar-refractivity contribution in [3.8, 4) is 0 Å². The molecule has 1 saturated carbocycles. The number of hydrogen-bond acceptors (Lipinski definition) is 3. The summed E-state index contributed by atoms with van der Waals surface area (Å²) in [6, 6.07) is 3.33. The van der Waals surface area contributed by atoms with Gasteiger partial charge in [0, 0.05) is 21.8 Å². The Morgan fingerprint density at radius 3 is 2.74 bits per heavy atom. The van der Waals surface area contributed by atoms with Crippen LogP contribution in [0.5, 0.6) is 0 Å². The van der Waals surface area contributed by atoms with Crippen LogP contribution in [0.3, 0.4) is 0 Å². The van der Waals surface area contributed by atoms with E-state index in [1.54, 1.807) is 24.0 Å². The average Bonchev–Trinajstić information content (AvgIpc) is 3.33. The van der Waals surface area contributed by atoms with Crippen LogP contribution in [0.2, 0.25) is 0 Å². The molecule has 0 radical (unpaired) electrons. The third kappa shape index (κ3) is 2.85. The highest BCUT2D eigenvalue weighted by Crippen LogP contribution is 2.38. The van der Waals surface area contributed by atoms with Gasteiger partial charge in [0.15, 0.2) is 0 Å². The third-order valence-corrected chi connectivity index (χ3v) is 4.61. The smallest absolute Gasteiger partial charge is 0.337 e. The number of carbonyl (C=O) groups excluding carboxylic acids is 2. The second-order valence-electron chi connectivity index (χ2n) is 5.64. The Morgan fingerprint density at radius 2 is 2.13 bits per heavy atom. The van der Waals surface area contributed by atoms with Gasteiger partial charge in [0.1, 0.15) is 5.82 Å². The number of ether oxygens (including phenoxy) is 1. The molecule has 122 valence electrons. The molecule has 0 spiro atoms. The van der Waals surface area contributed by atoms with Gasteiger partial charge in [0.2, 0.25) is 0 Å². The lowest BCUT2D eigenvalue weighted by molar-refractivity contribution is -0.136. The predicted molar refractivity (Wildman–Crippen MR) is 84.9 cm³/mol. The first-order valence-electron chi connectivity index (χ1n) is 7.27. The van der Waals surface area contributed by atoms with Crippen LogP contribution in [0.25, 0.3) is 0 Å². The van der Waals surface area contributed by atoms with E-state index in [-0.39, 0.29) is 23.2 Å². The number of benzene rings is 1. The number of urea groups is 1. The highest BCUT2D eigenvalue weighted by Gasteiger charge is 2.43. The van der Waals surface area contributed by atoms with Crippen LogP contribution in [0.1, 0.15) is 31.4 Å². The summed E-state index contributed by atoms with van der Waals surface area (Å²) >= 11 is 3.29. The maximum Gasteiger partial charge on any atom is 0.337 e. The molecule has 1 atom stereocenters. The molecule has 2 amide bonds. The van der Waals surface area contributed by atoms with E-state index in [1.807, 2.05) is 0 Å². The zero-order valence-electron chi connectivity index (χ0n) is 12.7. The van der Waals surface area contributed by atoms with Crippen LogP contribution >= 0.6 is 15.9 Å². The van der Waals surface area contributed by atoms with Crippen molar-refractivity contribution in [1.29, 1.82) is 0 Å². The van der Waals surface area contributed by atoms with E-state index in [1.165, 1.54) is 13.2 Å². The summed E-state index contributed by atoms with van der Waals surface area (Å²) < 4.78 is 19.8. The van der Waals surface area contributed by atoms with Crippen LogP contribution in [0, 0.1) is 5.82 Å². The van der Waals surface area contributed by atoms with E-state index in [4.69, 9.17) is 4.74 Å². The Morgan fingerprint density at radius 1 is 1.43 bits per heavy atom. The van der Waals surface area contributed by atoms with Crippen molar-refractivity contribution in [3.63, 3.8) is 0 Å². The summed E-state index contributed by atoms with van der Waals surface area (Å²) in [6.07, 6.45) is 1.80. The van der Waals surface area contributed by atoms with Crippen molar-refractivity contribution in [1.82, 2.24) is 10.2 Å². The van der Waals surface area contributed by atoms with E-state index in [0.717, 1.165) is 12.8 Å². The van der Waals surface area contributed by atoms with Gasteiger partial charge in [-0.1, -0.05) is 15.9 Å². The standard InChI is InChI=1S/C16H16BrFN2O3/c1-8-13(15(21)23-2)14(11-7-9(17)3-6-12(11)18)19-16(22)20(8)10-4-5-10/h3,6-7,10,14H,4-5H2,1-2H3,(H,19,22)/t14-/m0/s1. The van der Waals surface area contributed by atoms with E-state index in [0.29, 0.717) is 10.2 Å². The molecule has 1 N–H and O–H groups in total. The number of rotatable bonds is 3. The Bertz CT molecular complexity index is 715. The molecule has 0 bridgehead atoms. The van der Waals surface area contributed by atoms with Gasteiger partial charge in [0.05, 0.1) is 18.7 Å². The van der Waals surface area contributed by atoms with Crippen molar-refractivity contribution in [2.75, 3.05) is 7.11 Å². The minimum atomic E-state index is -0.873. The molecule has 0 aromatic heterocycles. The van der Waals surface area contributed by atoms with Gasteiger partial charge in [-0.15, -0.1) is 0 Å². The molecule has 7 heteroatoms. The van der Waals surface area contributed by atoms with Gasteiger partial charge in [-0.25, -0.2) is 14.0 Å². The summed E-state index contributed by atoms with van der Waals surface area (Å²) in [6.45, 7) is 1.70. The number of amides is 2. The zero-order chi connectivity index (χ0) is 16.7. The Balaban J connectivity index is 2.13. The molecule has 23 heavy (non-hydrogen) atoms. The number of allylic oxidation sites excluding steroid dienone is 1. The van der Waals surface area contributed by atoms with Gasteiger partial charge in [-0.05, 0) is 38.0 Å². The number of esters is 1. The molecule has 0 unspecified atom stereocenters. The molecular weight excluding hydrogens is 367 g/mol. The highest BCUT2D eigenvalue weighted by molar-refractivity contribution is 9.10. The van der Waals surface area contributed by atoms with Gasteiger partial charge in [0.25, 0.3) is 0 Å². The minimum absolute atomic E-state index is 0.1000. The van der Waals surface area contributed by atoms with E-state index >= 15 is 0 Å².